The molecule has 0 bridgehead atoms. The van der Waals surface area contributed by atoms with Gasteiger partial charge in [-0.2, -0.15) is 0 Å². The average molecular weight is 310 g/mol. The van der Waals surface area contributed by atoms with Crippen molar-refractivity contribution in [2.24, 2.45) is 0 Å². The molecule has 0 amide bonds. The van der Waals surface area contributed by atoms with Gasteiger partial charge in [-0.15, -0.1) is 13.2 Å². The SMILES string of the molecule is FC(F)(F)Oc1ccc([C@@H]2C=C(Br)NO2)cc1. The quantitative estimate of drug-likeness (QED) is 0.849. The molecule has 1 aromatic rings. The molecule has 1 N–H and O–H groups in total. The van der Waals surface area contributed by atoms with E-state index in [0.29, 0.717) is 4.61 Å². The van der Waals surface area contributed by atoms with E-state index in [1.807, 2.05) is 0 Å². The Morgan fingerprint density at radius 1 is 1.24 bits per heavy atom. The molecule has 0 radical (unpaired) electrons. The molecule has 0 saturated heterocycles. The molecular formula is C10H7BrF3NO2. The molecule has 1 aliphatic heterocycles. The lowest BCUT2D eigenvalue weighted by Crippen LogP contribution is -2.17. The fourth-order valence-corrected chi connectivity index (χ4v) is 1.68. The van der Waals surface area contributed by atoms with E-state index in [0.717, 1.165) is 5.56 Å². The van der Waals surface area contributed by atoms with E-state index in [-0.39, 0.29) is 11.9 Å². The first-order valence-corrected chi connectivity index (χ1v) is 5.38. The summed E-state index contributed by atoms with van der Waals surface area (Å²) in [5.74, 6) is -0.254. The Morgan fingerprint density at radius 2 is 1.88 bits per heavy atom. The maximum atomic E-state index is 11.9. The minimum atomic E-state index is -4.67. The number of alkyl halides is 3. The maximum Gasteiger partial charge on any atom is 0.573 e. The topological polar surface area (TPSA) is 30.5 Å². The van der Waals surface area contributed by atoms with E-state index in [1.165, 1.54) is 24.3 Å². The fourth-order valence-electron chi connectivity index (χ4n) is 1.34. The Labute approximate surface area is 103 Å². The van der Waals surface area contributed by atoms with Crippen molar-refractivity contribution in [2.75, 3.05) is 0 Å². The summed E-state index contributed by atoms with van der Waals surface area (Å²) in [5, 5.41) is 0. The molecule has 7 heteroatoms. The number of halogens is 4. The number of hydroxylamine groups is 1. The smallest absolute Gasteiger partial charge is 0.406 e. The first kappa shape index (κ1) is 12.3. The van der Waals surface area contributed by atoms with Crippen molar-refractivity contribution in [3.63, 3.8) is 0 Å². The van der Waals surface area contributed by atoms with Gasteiger partial charge >= 0.3 is 6.36 Å². The summed E-state index contributed by atoms with van der Waals surface area (Å²) in [6, 6.07) is 5.50. The number of ether oxygens (including phenoxy) is 1. The van der Waals surface area contributed by atoms with Crippen molar-refractivity contribution in [2.45, 2.75) is 12.5 Å². The molecule has 1 aromatic carbocycles. The summed E-state index contributed by atoms with van der Waals surface area (Å²) in [6.07, 6.45) is -3.25. The summed E-state index contributed by atoms with van der Waals surface area (Å²) in [4.78, 5) is 5.14. The highest BCUT2D eigenvalue weighted by molar-refractivity contribution is 9.11. The van der Waals surface area contributed by atoms with Crippen LogP contribution >= 0.6 is 15.9 Å². The van der Waals surface area contributed by atoms with Gasteiger partial charge in [-0.3, -0.25) is 10.3 Å². The van der Waals surface area contributed by atoms with Crippen LogP contribution in [-0.4, -0.2) is 6.36 Å². The van der Waals surface area contributed by atoms with Crippen molar-refractivity contribution < 1.29 is 22.7 Å². The molecule has 0 aromatic heterocycles. The molecule has 0 saturated carbocycles. The van der Waals surface area contributed by atoms with Gasteiger partial charge in [0.2, 0.25) is 0 Å². The zero-order valence-electron chi connectivity index (χ0n) is 8.29. The molecule has 0 spiro atoms. The first-order valence-electron chi connectivity index (χ1n) is 4.59. The van der Waals surface area contributed by atoms with Crippen LogP contribution < -0.4 is 10.2 Å². The zero-order valence-corrected chi connectivity index (χ0v) is 9.88. The minimum absolute atomic E-state index is 0.254. The number of hydrogen-bond donors (Lipinski definition) is 1. The Hall–Kier alpha value is -1.21. The van der Waals surface area contributed by atoms with Gasteiger partial charge in [0, 0.05) is 0 Å². The van der Waals surface area contributed by atoms with E-state index < -0.39 is 6.36 Å². The third-order valence-corrected chi connectivity index (χ3v) is 2.45. The fraction of sp³-hybridized carbons (Fsp3) is 0.200. The summed E-state index contributed by atoms with van der Waals surface area (Å²) in [5.41, 5.74) is 3.31. The van der Waals surface area contributed by atoms with Crippen LogP contribution in [0.4, 0.5) is 13.2 Å². The van der Waals surface area contributed by atoms with Crippen molar-refractivity contribution in [3.05, 3.63) is 40.5 Å². The van der Waals surface area contributed by atoms with Crippen LogP contribution in [0.2, 0.25) is 0 Å². The van der Waals surface area contributed by atoms with Crippen molar-refractivity contribution >= 4 is 15.9 Å². The number of rotatable bonds is 2. The van der Waals surface area contributed by atoms with E-state index >= 15 is 0 Å². The number of hydrogen-bond acceptors (Lipinski definition) is 3. The molecule has 92 valence electrons. The molecule has 0 unspecified atom stereocenters. The van der Waals surface area contributed by atoms with Gasteiger partial charge in [0.05, 0.1) is 0 Å². The van der Waals surface area contributed by atoms with Crippen LogP contribution in [0.1, 0.15) is 11.7 Å². The molecule has 0 fully saturated rings. The van der Waals surface area contributed by atoms with Crippen LogP contribution in [0.15, 0.2) is 34.9 Å². The van der Waals surface area contributed by atoms with E-state index in [4.69, 9.17) is 4.84 Å². The molecule has 0 aliphatic carbocycles. The van der Waals surface area contributed by atoms with Gasteiger partial charge in [-0.25, -0.2) is 0 Å². The number of benzene rings is 1. The second kappa shape index (κ2) is 4.58. The average Bonchev–Trinajstić information content (AvgIpc) is 2.63. The van der Waals surface area contributed by atoms with Gasteiger partial charge in [0.1, 0.15) is 16.5 Å². The molecule has 1 heterocycles. The highest BCUT2D eigenvalue weighted by atomic mass is 79.9. The molecule has 17 heavy (non-hydrogen) atoms. The van der Waals surface area contributed by atoms with Crippen LogP contribution in [0.25, 0.3) is 0 Å². The Balaban J connectivity index is 2.08. The highest BCUT2D eigenvalue weighted by Crippen LogP contribution is 2.29. The number of nitrogens with one attached hydrogen (secondary N) is 1. The zero-order chi connectivity index (χ0) is 12.5. The van der Waals surface area contributed by atoms with Gasteiger partial charge in [-0.1, -0.05) is 12.1 Å². The molecular weight excluding hydrogens is 303 g/mol. The predicted molar refractivity (Wildman–Crippen MR) is 57.1 cm³/mol. The van der Waals surface area contributed by atoms with Crippen LogP contribution in [0.5, 0.6) is 5.75 Å². The Bertz CT molecular complexity index is 430. The summed E-state index contributed by atoms with van der Waals surface area (Å²) in [7, 11) is 0. The van der Waals surface area contributed by atoms with Crippen LogP contribution in [-0.2, 0) is 4.84 Å². The molecule has 3 nitrogen and oxygen atoms in total. The lowest BCUT2D eigenvalue weighted by atomic mass is 10.1. The standard InChI is InChI=1S/C10H7BrF3NO2/c11-9-5-8(17-15-9)6-1-3-7(4-2-6)16-10(12,13)14/h1-5,8,15H/t8-/m0/s1. The molecule has 1 aliphatic rings. The first-order chi connectivity index (χ1) is 7.94. The lowest BCUT2D eigenvalue weighted by Gasteiger charge is -2.11. The summed E-state index contributed by atoms with van der Waals surface area (Å²) < 4.78 is 40.2. The van der Waals surface area contributed by atoms with Crippen LogP contribution in [0, 0.1) is 0 Å². The second-order valence-corrected chi connectivity index (χ2v) is 4.13. The normalized spacial score (nSPS) is 19.8. The van der Waals surface area contributed by atoms with Gasteiger partial charge in [0.25, 0.3) is 0 Å². The predicted octanol–water partition coefficient (Wildman–Crippen LogP) is 3.40. The van der Waals surface area contributed by atoms with Gasteiger partial charge < -0.3 is 4.74 Å². The summed E-state index contributed by atoms with van der Waals surface area (Å²) >= 11 is 3.18. The maximum absolute atomic E-state index is 11.9. The molecule has 1 atom stereocenters. The Kier molecular flexibility index (Phi) is 3.30. The largest absolute Gasteiger partial charge is 0.573 e. The van der Waals surface area contributed by atoms with Gasteiger partial charge in [0.15, 0.2) is 0 Å². The third kappa shape index (κ3) is 3.37. The van der Waals surface area contributed by atoms with Crippen molar-refractivity contribution in [3.8, 4) is 5.75 Å². The van der Waals surface area contributed by atoms with E-state index in [9.17, 15) is 13.2 Å². The highest BCUT2D eigenvalue weighted by Gasteiger charge is 2.31. The van der Waals surface area contributed by atoms with E-state index in [2.05, 4.69) is 26.1 Å². The van der Waals surface area contributed by atoms with Crippen molar-refractivity contribution in [1.29, 1.82) is 0 Å². The minimum Gasteiger partial charge on any atom is -0.406 e. The molecule has 2 rings (SSSR count). The second-order valence-electron chi connectivity index (χ2n) is 3.27. The van der Waals surface area contributed by atoms with Crippen molar-refractivity contribution in [1.82, 2.24) is 5.48 Å². The van der Waals surface area contributed by atoms with Gasteiger partial charge in [-0.05, 0) is 39.7 Å². The van der Waals surface area contributed by atoms with Crippen LogP contribution in [0.3, 0.4) is 0 Å². The monoisotopic (exact) mass is 309 g/mol. The Morgan fingerprint density at radius 3 is 2.35 bits per heavy atom. The third-order valence-electron chi connectivity index (χ3n) is 2.02. The van der Waals surface area contributed by atoms with E-state index in [1.54, 1.807) is 6.08 Å². The summed E-state index contributed by atoms with van der Waals surface area (Å²) in [6.45, 7) is 0. The lowest BCUT2D eigenvalue weighted by molar-refractivity contribution is -0.274.